The Bertz CT molecular complexity index is 570. The third kappa shape index (κ3) is 4.28. The van der Waals surface area contributed by atoms with Crippen molar-refractivity contribution in [2.24, 2.45) is 5.92 Å². The number of nitrogens with one attached hydrogen (secondary N) is 1. The van der Waals surface area contributed by atoms with Gasteiger partial charge >= 0.3 is 0 Å². The molecule has 0 saturated carbocycles. The first kappa shape index (κ1) is 17.4. The molecule has 0 radical (unpaired) electrons. The number of hydrogen-bond acceptors (Lipinski definition) is 5. The van der Waals surface area contributed by atoms with E-state index in [9.17, 15) is 13.5 Å². The zero-order chi connectivity index (χ0) is 16.2. The summed E-state index contributed by atoms with van der Waals surface area (Å²) in [7, 11) is -3.54. The molecular formula is C14H26N4O3S. The summed E-state index contributed by atoms with van der Waals surface area (Å²) in [5.74, 6) is 0.313. The summed E-state index contributed by atoms with van der Waals surface area (Å²) < 4.78 is 28.8. The van der Waals surface area contributed by atoms with Crippen LogP contribution in [0.5, 0.6) is 0 Å². The Labute approximate surface area is 132 Å². The number of likely N-dealkylation sites (tertiary alicyclic amines) is 1. The van der Waals surface area contributed by atoms with Crippen LogP contribution in [0.3, 0.4) is 0 Å². The lowest BCUT2D eigenvalue weighted by molar-refractivity contribution is 0.122. The molecule has 22 heavy (non-hydrogen) atoms. The SMILES string of the molecule is CC(C)n1nccc1S(=O)(=O)NCCN1CCCC(CO)C1. The van der Waals surface area contributed by atoms with Crippen LogP contribution in [0.25, 0.3) is 0 Å². The number of aromatic nitrogens is 2. The second kappa shape index (κ2) is 7.54. The molecule has 1 aromatic heterocycles. The molecule has 2 rings (SSSR count). The minimum absolute atomic E-state index is 0.00557. The molecule has 126 valence electrons. The van der Waals surface area contributed by atoms with Crippen molar-refractivity contribution in [3.8, 4) is 0 Å². The van der Waals surface area contributed by atoms with Gasteiger partial charge in [-0.05, 0) is 45.2 Å². The lowest BCUT2D eigenvalue weighted by Gasteiger charge is -2.31. The van der Waals surface area contributed by atoms with Crippen LogP contribution in [0.4, 0.5) is 0 Å². The average Bonchev–Trinajstić information content (AvgIpc) is 2.98. The normalized spacial score (nSPS) is 20.6. The van der Waals surface area contributed by atoms with Crippen molar-refractivity contribution in [1.82, 2.24) is 19.4 Å². The van der Waals surface area contributed by atoms with E-state index in [4.69, 9.17) is 0 Å². The highest BCUT2D eigenvalue weighted by molar-refractivity contribution is 7.89. The van der Waals surface area contributed by atoms with Gasteiger partial charge in [0.25, 0.3) is 10.0 Å². The number of hydrogen-bond donors (Lipinski definition) is 2. The summed E-state index contributed by atoms with van der Waals surface area (Å²) in [6.45, 7) is 6.82. The second-order valence-electron chi connectivity index (χ2n) is 6.10. The van der Waals surface area contributed by atoms with E-state index in [1.54, 1.807) is 0 Å². The maximum Gasteiger partial charge on any atom is 0.257 e. The Kier molecular flexibility index (Phi) is 5.96. The van der Waals surface area contributed by atoms with E-state index in [1.807, 2.05) is 13.8 Å². The fourth-order valence-corrected chi connectivity index (χ4v) is 4.07. The maximum atomic E-state index is 12.4. The van der Waals surface area contributed by atoms with E-state index in [1.165, 1.54) is 16.9 Å². The van der Waals surface area contributed by atoms with Crippen LogP contribution in [0, 0.1) is 5.92 Å². The fourth-order valence-electron chi connectivity index (χ4n) is 2.82. The molecule has 2 N–H and O–H groups in total. The smallest absolute Gasteiger partial charge is 0.257 e. The van der Waals surface area contributed by atoms with E-state index in [2.05, 4.69) is 14.7 Å². The summed E-state index contributed by atoms with van der Waals surface area (Å²) >= 11 is 0. The predicted octanol–water partition coefficient (Wildman–Crippen LogP) is 0.447. The Morgan fingerprint density at radius 1 is 1.50 bits per heavy atom. The minimum Gasteiger partial charge on any atom is -0.396 e. The van der Waals surface area contributed by atoms with Gasteiger partial charge in [0, 0.05) is 32.3 Å². The Hall–Kier alpha value is -0.960. The maximum absolute atomic E-state index is 12.4. The molecule has 1 atom stereocenters. The van der Waals surface area contributed by atoms with E-state index < -0.39 is 10.0 Å². The van der Waals surface area contributed by atoms with Crippen LogP contribution in [-0.2, 0) is 10.0 Å². The van der Waals surface area contributed by atoms with E-state index in [0.29, 0.717) is 19.0 Å². The molecular weight excluding hydrogens is 304 g/mol. The summed E-state index contributed by atoms with van der Waals surface area (Å²) in [5, 5.41) is 13.5. The molecule has 1 saturated heterocycles. The zero-order valence-electron chi connectivity index (χ0n) is 13.3. The van der Waals surface area contributed by atoms with Crippen molar-refractivity contribution in [2.45, 2.75) is 37.8 Å². The number of aliphatic hydroxyl groups is 1. The highest BCUT2D eigenvalue weighted by Gasteiger charge is 2.22. The largest absolute Gasteiger partial charge is 0.396 e. The van der Waals surface area contributed by atoms with Crippen LogP contribution in [-0.4, -0.2) is 61.0 Å². The molecule has 8 heteroatoms. The molecule has 0 aliphatic carbocycles. The molecule has 1 unspecified atom stereocenters. The number of piperidine rings is 1. The van der Waals surface area contributed by atoms with Crippen LogP contribution < -0.4 is 4.72 Å². The van der Waals surface area contributed by atoms with Gasteiger partial charge in [0.2, 0.25) is 0 Å². The first-order valence-electron chi connectivity index (χ1n) is 7.80. The van der Waals surface area contributed by atoms with Crippen molar-refractivity contribution >= 4 is 10.0 Å². The number of nitrogens with zero attached hydrogens (tertiary/aromatic N) is 3. The van der Waals surface area contributed by atoms with E-state index in [0.717, 1.165) is 25.9 Å². The van der Waals surface area contributed by atoms with Crippen LogP contribution >= 0.6 is 0 Å². The Morgan fingerprint density at radius 3 is 2.95 bits per heavy atom. The molecule has 1 aliphatic heterocycles. The molecule has 1 fully saturated rings. The van der Waals surface area contributed by atoms with Gasteiger partial charge in [-0.3, -0.25) is 4.68 Å². The van der Waals surface area contributed by atoms with E-state index >= 15 is 0 Å². The van der Waals surface area contributed by atoms with Gasteiger partial charge in [0.05, 0.1) is 6.20 Å². The quantitative estimate of drug-likeness (QED) is 0.758. The van der Waals surface area contributed by atoms with Crippen molar-refractivity contribution < 1.29 is 13.5 Å². The highest BCUT2D eigenvalue weighted by atomic mass is 32.2. The van der Waals surface area contributed by atoms with Gasteiger partial charge in [-0.25, -0.2) is 13.1 Å². The minimum atomic E-state index is -3.54. The lowest BCUT2D eigenvalue weighted by atomic mass is 9.99. The average molecular weight is 330 g/mol. The fraction of sp³-hybridized carbons (Fsp3) is 0.786. The van der Waals surface area contributed by atoms with Gasteiger partial charge in [0.15, 0.2) is 5.03 Å². The van der Waals surface area contributed by atoms with Gasteiger partial charge in [-0.1, -0.05) is 0 Å². The van der Waals surface area contributed by atoms with Crippen molar-refractivity contribution in [2.75, 3.05) is 32.8 Å². The van der Waals surface area contributed by atoms with Crippen molar-refractivity contribution in [3.05, 3.63) is 12.3 Å². The first-order chi connectivity index (χ1) is 10.4. The number of sulfonamides is 1. The second-order valence-corrected chi connectivity index (χ2v) is 7.81. The van der Waals surface area contributed by atoms with Crippen LogP contribution in [0.15, 0.2) is 17.3 Å². The molecule has 1 aromatic rings. The van der Waals surface area contributed by atoms with E-state index in [-0.39, 0.29) is 17.7 Å². The summed E-state index contributed by atoms with van der Waals surface area (Å²) in [6.07, 6.45) is 3.61. The highest BCUT2D eigenvalue weighted by Crippen LogP contribution is 2.16. The summed E-state index contributed by atoms with van der Waals surface area (Å²) in [5.41, 5.74) is 0. The van der Waals surface area contributed by atoms with Crippen molar-refractivity contribution in [3.63, 3.8) is 0 Å². The Balaban J connectivity index is 1.89. The topological polar surface area (TPSA) is 87.5 Å². The number of aliphatic hydroxyl groups excluding tert-OH is 1. The van der Waals surface area contributed by atoms with Gasteiger partial charge < -0.3 is 10.0 Å². The zero-order valence-corrected chi connectivity index (χ0v) is 14.1. The van der Waals surface area contributed by atoms with Gasteiger partial charge in [0.1, 0.15) is 0 Å². The first-order valence-corrected chi connectivity index (χ1v) is 9.28. The molecule has 0 aromatic carbocycles. The lowest BCUT2D eigenvalue weighted by Crippen LogP contribution is -2.41. The molecule has 0 spiro atoms. The molecule has 2 heterocycles. The Morgan fingerprint density at radius 2 is 2.27 bits per heavy atom. The molecule has 0 amide bonds. The predicted molar refractivity (Wildman–Crippen MR) is 84.1 cm³/mol. The molecule has 1 aliphatic rings. The van der Waals surface area contributed by atoms with Crippen molar-refractivity contribution in [1.29, 1.82) is 0 Å². The summed E-state index contributed by atoms with van der Waals surface area (Å²) in [6, 6.07) is 1.51. The number of rotatable bonds is 7. The third-order valence-corrected chi connectivity index (χ3v) is 5.44. The van der Waals surface area contributed by atoms with Crippen LogP contribution in [0.2, 0.25) is 0 Å². The molecule has 0 bridgehead atoms. The molecule has 7 nitrogen and oxygen atoms in total. The standard InChI is InChI=1S/C14H26N4O3S/c1-12(2)18-14(5-6-15-18)22(20,21)16-7-9-17-8-3-4-13(10-17)11-19/h5-6,12-13,16,19H,3-4,7-11H2,1-2H3. The van der Waals surface area contributed by atoms with Gasteiger partial charge in [-0.15, -0.1) is 0 Å². The summed E-state index contributed by atoms with van der Waals surface area (Å²) in [4.78, 5) is 2.20. The third-order valence-electron chi connectivity index (χ3n) is 3.98. The van der Waals surface area contributed by atoms with Crippen LogP contribution in [0.1, 0.15) is 32.7 Å². The monoisotopic (exact) mass is 330 g/mol. The van der Waals surface area contributed by atoms with Gasteiger partial charge in [-0.2, -0.15) is 5.10 Å².